The molecule has 0 radical (unpaired) electrons. The largest absolute Gasteiger partial charge is 0.467 e. The van der Waals surface area contributed by atoms with Crippen molar-refractivity contribution < 1.29 is 23.8 Å². The van der Waals surface area contributed by atoms with Gasteiger partial charge in [0.15, 0.2) is 6.04 Å². The summed E-state index contributed by atoms with van der Waals surface area (Å²) < 4.78 is 9.97. The first-order valence-corrected chi connectivity index (χ1v) is 7.06. The molecule has 0 saturated carbocycles. The maximum atomic E-state index is 12.0. The highest BCUT2D eigenvalue weighted by molar-refractivity contribution is 5.90. The second kappa shape index (κ2) is 7.09. The Hall–Kier alpha value is -2.34. The van der Waals surface area contributed by atoms with Crippen molar-refractivity contribution in [3.8, 4) is 0 Å². The lowest BCUT2D eigenvalue weighted by Gasteiger charge is -2.13. The van der Waals surface area contributed by atoms with Crippen molar-refractivity contribution in [1.82, 2.24) is 5.32 Å². The van der Waals surface area contributed by atoms with Crippen molar-refractivity contribution in [2.75, 3.05) is 13.7 Å². The van der Waals surface area contributed by atoms with Crippen LogP contribution in [0.1, 0.15) is 18.1 Å². The molecule has 1 amide bonds. The molecule has 0 saturated heterocycles. The summed E-state index contributed by atoms with van der Waals surface area (Å²) in [6.45, 7) is 1.55. The van der Waals surface area contributed by atoms with Gasteiger partial charge in [0.25, 0.3) is 0 Å². The quantitative estimate of drug-likeness (QED) is 0.783. The fourth-order valence-corrected chi connectivity index (χ4v) is 2.22. The second-order valence-corrected chi connectivity index (χ2v) is 4.95. The van der Waals surface area contributed by atoms with Crippen LogP contribution in [0.5, 0.6) is 0 Å². The van der Waals surface area contributed by atoms with Crippen molar-refractivity contribution in [3.63, 3.8) is 0 Å². The Morgan fingerprint density at radius 2 is 2.18 bits per heavy atom. The smallest absolute Gasteiger partial charge is 0.330 e. The Kier molecular flexibility index (Phi) is 5.16. The SMILES string of the molecule is CCc1ccc2c(CC(=O)N[C@H](CO)C(=O)OC)coc2c1. The Balaban J connectivity index is 2.10. The first-order chi connectivity index (χ1) is 10.6. The van der Waals surface area contributed by atoms with E-state index in [0.717, 1.165) is 28.5 Å². The number of fused-ring (bicyclic) bond motifs is 1. The molecule has 1 aromatic carbocycles. The number of aliphatic hydroxyl groups excluding tert-OH is 1. The predicted molar refractivity (Wildman–Crippen MR) is 80.3 cm³/mol. The zero-order valence-electron chi connectivity index (χ0n) is 12.6. The van der Waals surface area contributed by atoms with E-state index in [2.05, 4.69) is 17.0 Å². The Morgan fingerprint density at radius 3 is 2.82 bits per heavy atom. The number of nitrogens with one attached hydrogen (secondary N) is 1. The van der Waals surface area contributed by atoms with Crippen LogP contribution in [0.2, 0.25) is 0 Å². The summed E-state index contributed by atoms with van der Waals surface area (Å²) in [6, 6.07) is 4.80. The van der Waals surface area contributed by atoms with Gasteiger partial charge >= 0.3 is 5.97 Å². The monoisotopic (exact) mass is 305 g/mol. The molecule has 0 aliphatic carbocycles. The van der Waals surface area contributed by atoms with Crippen LogP contribution in [0.25, 0.3) is 11.0 Å². The molecule has 0 aliphatic rings. The van der Waals surface area contributed by atoms with Crippen LogP contribution in [0.4, 0.5) is 0 Å². The van der Waals surface area contributed by atoms with E-state index in [1.807, 2.05) is 18.2 Å². The van der Waals surface area contributed by atoms with Gasteiger partial charge in [-0.25, -0.2) is 4.79 Å². The van der Waals surface area contributed by atoms with Crippen LogP contribution >= 0.6 is 0 Å². The fourth-order valence-electron chi connectivity index (χ4n) is 2.22. The highest BCUT2D eigenvalue weighted by Crippen LogP contribution is 2.23. The van der Waals surface area contributed by atoms with Crippen LogP contribution in [-0.2, 0) is 27.2 Å². The first-order valence-electron chi connectivity index (χ1n) is 7.06. The highest BCUT2D eigenvalue weighted by Gasteiger charge is 2.21. The van der Waals surface area contributed by atoms with Gasteiger partial charge in [-0.3, -0.25) is 4.79 Å². The molecule has 0 spiro atoms. The van der Waals surface area contributed by atoms with Crippen LogP contribution < -0.4 is 5.32 Å². The number of carbonyl (C=O) groups is 2. The summed E-state index contributed by atoms with van der Waals surface area (Å²) in [6.07, 6.45) is 2.51. The molecule has 0 bridgehead atoms. The molecule has 6 heteroatoms. The molecular formula is C16H19NO5. The summed E-state index contributed by atoms with van der Waals surface area (Å²) in [4.78, 5) is 23.3. The number of esters is 1. The number of hydrogen-bond donors (Lipinski definition) is 2. The van der Waals surface area contributed by atoms with Crippen molar-refractivity contribution in [2.45, 2.75) is 25.8 Å². The second-order valence-electron chi connectivity index (χ2n) is 4.95. The van der Waals surface area contributed by atoms with E-state index in [1.165, 1.54) is 13.4 Å². The standard InChI is InChI=1S/C16H19NO5/c1-3-10-4-5-12-11(9-22-14(12)6-10)7-15(19)17-13(8-18)16(20)21-2/h4-6,9,13,18H,3,7-8H2,1-2H3,(H,17,19)/t13-/m1/s1. The van der Waals surface area contributed by atoms with Gasteiger partial charge in [-0.05, 0) is 18.1 Å². The van der Waals surface area contributed by atoms with E-state index < -0.39 is 18.6 Å². The molecule has 1 heterocycles. The number of benzene rings is 1. The average molecular weight is 305 g/mol. The lowest BCUT2D eigenvalue weighted by Crippen LogP contribution is -2.44. The number of aliphatic hydroxyl groups is 1. The molecule has 1 atom stereocenters. The minimum atomic E-state index is -1.05. The molecule has 2 aromatic rings. The minimum absolute atomic E-state index is 0.0615. The third-order valence-corrected chi connectivity index (χ3v) is 3.48. The van der Waals surface area contributed by atoms with E-state index in [1.54, 1.807) is 0 Å². The Bertz CT molecular complexity index is 676. The molecule has 22 heavy (non-hydrogen) atoms. The van der Waals surface area contributed by atoms with Crippen LogP contribution in [0.3, 0.4) is 0 Å². The van der Waals surface area contributed by atoms with Crippen molar-refractivity contribution in [2.24, 2.45) is 0 Å². The summed E-state index contributed by atoms with van der Waals surface area (Å²) in [5.41, 5.74) is 2.62. The fraction of sp³-hybridized carbons (Fsp3) is 0.375. The van der Waals surface area contributed by atoms with Gasteiger partial charge in [0, 0.05) is 10.9 Å². The molecule has 2 rings (SSSR count). The van der Waals surface area contributed by atoms with Crippen molar-refractivity contribution in [1.29, 1.82) is 0 Å². The predicted octanol–water partition coefficient (Wildman–Crippen LogP) is 1.19. The van der Waals surface area contributed by atoms with Gasteiger partial charge < -0.3 is 19.6 Å². The van der Waals surface area contributed by atoms with Gasteiger partial charge in [0.05, 0.1) is 26.4 Å². The summed E-state index contributed by atoms with van der Waals surface area (Å²) in [7, 11) is 1.20. The van der Waals surface area contributed by atoms with Gasteiger partial charge in [0.1, 0.15) is 5.58 Å². The number of methoxy groups -OCH3 is 1. The Morgan fingerprint density at radius 1 is 1.41 bits per heavy atom. The van der Waals surface area contributed by atoms with Crippen LogP contribution in [0, 0.1) is 0 Å². The van der Waals surface area contributed by atoms with Crippen LogP contribution in [-0.4, -0.2) is 36.7 Å². The molecule has 0 fully saturated rings. The lowest BCUT2D eigenvalue weighted by atomic mass is 10.1. The van der Waals surface area contributed by atoms with Crippen LogP contribution in [0.15, 0.2) is 28.9 Å². The summed E-state index contributed by atoms with van der Waals surface area (Å²) >= 11 is 0. The minimum Gasteiger partial charge on any atom is -0.467 e. The van der Waals surface area contributed by atoms with Gasteiger partial charge in [0.2, 0.25) is 5.91 Å². The highest BCUT2D eigenvalue weighted by atomic mass is 16.5. The van der Waals surface area contributed by atoms with E-state index in [-0.39, 0.29) is 12.3 Å². The number of hydrogen-bond acceptors (Lipinski definition) is 5. The number of aryl methyl sites for hydroxylation is 1. The Labute approximate surface area is 128 Å². The lowest BCUT2D eigenvalue weighted by molar-refractivity contribution is -0.146. The van der Waals surface area contributed by atoms with Gasteiger partial charge in [-0.2, -0.15) is 0 Å². The van der Waals surface area contributed by atoms with E-state index in [9.17, 15) is 9.59 Å². The molecule has 1 aromatic heterocycles. The number of rotatable bonds is 6. The third kappa shape index (κ3) is 3.46. The maximum Gasteiger partial charge on any atom is 0.330 e. The van der Waals surface area contributed by atoms with Crippen molar-refractivity contribution in [3.05, 3.63) is 35.6 Å². The number of amides is 1. The molecule has 0 unspecified atom stereocenters. The zero-order valence-corrected chi connectivity index (χ0v) is 12.6. The van der Waals surface area contributed by atoms with E-state index >= 15 is 0 Å². The molecular weight excluding hydrogens is 286 g/mol. The topological polar surface area (TPSA) is 88.8 Å². The third-order valence-electron chi connectivity index (χ3n) is 3.48. The summed E-state index contributed by atoms with van der Waals surface area (Å²) in [5, 5.41) is 12.4. The number of ether oxygens (including phenoxy) is 1. The van der Waals surface area contributed by atoms with Gasteiger partial charge in [-0.15, -0.1) is 0 Å². The molecule has 0 aliphatic heterocycles. The van der Waals surface area contributed by atoms with Gasteiger partial charge in [-0.1, -0.05) is 19.1 Å². The molecule has 2 N–H and O–H groups in total. The van der Waals surface area contributed by atoms with Crippen molar-refractivity contribution >= 4 is 22.8 Å². The number of furan rings is 1. The normalized spacial score (nSPS) is 12.1. The summed E-state index contributed by atoms with van der Waals surface area (Å²) in [5.74, 6) is -1.06. The zero-order chi connectivity index (χ0) is 16.1. The first kappa shape index (κ1) is 16.0. The maximum absolute atomic E-state index is 12.0. The van der Waals surface area contributed by atoms with E-state index in [4.69, 9.17) is 9.52 Å². The molecule has 6 nitrogen and oxygen atoms in total. The number of carbonyl (C=O) groups excluding carboxylic acids is 2. The van der Waals surface area contributed by atoms with E-state index in [0.29, 0.717) is 0 Å². The average Bonchev–Trinajstić information content (AvgIpc) is 2.93. The molecule has 118 valence electrons.